The number of hydrogen-bond acceptors (Lipinski definition) is 2. The summed E-state index contributed by atoms with van der Waals surface area (Å²) in [5.74, 6) is 0. The Balaban J connectivity index is 2.11. The maximum Gasteiger partial charge on any atom is 0.406 e. The van der Waals surface area contributed by atoms with Gasteiger partial charge in [-0.1, -0.05) is 0 Å². The largest absolute Gasteiger partial charge is 0.406 e. The first kappa shape index (κ1) is 11.2. The molecule has 0 spiro atoms. The Morgan fingerprint density at radius 1 is 1.33 bits per heavy atom. The van der Waals surface area contributed by atoms with Crippen molar-refractivity contribution in [3.05, 3.63) is 0 Å². The predicted molar refractivity (Wildman–Crippen MR) is 51.4 cm³/mol. The molecule has 15 heavy (non-hydrogen) atoms. The Labute approximate surface area is 87.6 Å². The lowest BCUT2D eigenvalue weighted by Gasteiger charge is -2.42. The maximum atomic E-state index is 12.9. The molecule has 1 aliphatic heterocycles. The second-order valence-electron chi connectivity index (χ2n) is 4.86. The number of nitrogens with zero attached hydrogens (tertiary/aromatic N) is 1. The lowest BCUT2D eigenvalue weighted by atomic mass is 9.96. The summed E-state index contributed by atoms with van der Waals surface area (Å²) in [6, 6.07) is 0.0261. The van der Waals surface area contributed by atoms with Crippen molar-refractivity contribution in [2.75, 3.05) is 6.54 Å². The molecule has 5 heteroatoms. The predicted octanol–water partition coefficient (Wildman–Crippen LogP) is 1.89. The average molecular weight is 222 g/mol. The van der Waals surface area contributed by atoms with E-state index in [4.69, 9.17) is 5.73 Å². The minimum Gasteiger partial charge on any atom is -0.328 e. The van der Waals surface area contributed by atoms with Crippen molar-refractivity contribution < 1.29 is 13.2 Å². The molecule has 88 valence electrons. The monoisotopic (exact) mass is 222 g/mol. The molecule has 2 rings (SSSR count). The lowest BCUT2D eigenvalue weighted by Crippen LogP contribution is -2.56. The van der Waals surface area contributed by atoms with Crippen molar-refractivity contribution in [3.8, 4) is 0 Å². The van der Waals surface area contributed by atoms with Gasteiger partial charge in [-0.25, -0.2) is 0 Å². The van der Waals surface area contributed by atoms with Gasteiger partial charge in [-0.15, -0.1) is 0 Å². The highest BCUT2D eigenvalue weighted by molar-refractivity contribution is 5.11. The fourth-order valence-electron chi connectivity index (χ4n) is 2.70. The minimum absolute atomic E-state index is 0.0436. The Morgan fingerprint density at radius 3 is 2.33 bits per heavy atom. The summed E-state index contributed by atoms with van der Waals surface area (Å²) in [7, 11) is 0. The van der Waals surface area contributed by atoms with Crippen LogP contribution in [0.1, 0.15) is 32.6 Å². The minimum atomic E-state index is -4.08. The molecule has 2 N–H and O–H groups in total. The number of likely N-dealkylation sites (tertiary alicyclic amines) is 1. The summed E-state index contributed by atoms with van der Waals surface area (Å²) < 4.78 is 38.6. The van der Waals surface area contributed by atoms with Crippen molar-refractivity contribution in [1.82, 2.24) is 4.90 Å². The summed E-state index contributed by atoms with van der Waals surface area (Å²) in [6.45, 7) is 2.34. The second kappa shape index (κ2) is 3.35. The molecular formula is C10H17F3N2. The highest BCUT2D eigenvalue weighted by Gasteiger charge is 2.67. The highest BCUT2D eigenvalue weighted by atomic mass is 19.4. The van der Waals surface area contributed by atoms with E-state index in [1.807, 2.05) is 6.92 Å². The number of nitrogens with two attached hydrogens (primary N) is 1. The Morgan fingerprint density at radius 2 is 1.93 bits per heavy atom. The summed E-state index contributed by atoms with van der Waals surface area (Å²) in [4.78, 5) is 1.62. The first-order valence-electron chi connectivity index (χ1n) is 5.46. The van der Waals surface area contributed by atoms with Crippen LogP contribution in [-0.4, -0.2) is 35.2 Å². The van der Waals surface area contributed by atoms with E-state index in [9.17, 15) is 13.2 Å². The fraction of sp³-hybridized carbons (Fsp3) is 1.00. The molecule has 2 fully saturated rings. The van der Waals surface area contributed by atoms with E-state index in [-0.39, 0.29) is 24.9 Å². The number of halogens is 3. The van der Waals surface area contributed by atoms with E-state index in [0.29, 0.717) is 19.4 Å². The smallest absolute Gasteiger partial charge is 0.328 e. The van der Waals surface area contributed by atoms with Crippen molar-refractivity contribution in [2.45, 2.75) is 56.4 Å². The van der Waals surface area contributed by atoms with Gasteiger partial charge in [0.15, 0.2) is 0 Å². The summed E-state index contributed by atoms with van der Waals surface area (Å²) in [5, 5.41) is 0. The van der Waals surface area contributed by atoms with Gasteiger partial charge in [-0.05, 0) is 32.6 Å². The van der Waals surface area contributed by atoms with Gasteiger partial charge in [0, 0.05) is 18.6 Å². The molecule has 0 bridgehead atoms. The van der Waals surface area contributed by atoms with Crippen molar-refractivity contribution in [1.29, 1.82) is 0 Å². The van der Waals surface area contributed by atoms with Gasteiger partial charge in [0.2, 0.25) is 0 Å². The van der Waals surface area contributed by atoms with Gasteiger partial charge in [0.05, 0.1) is 0 Å². The molecule has 1 saturated heterocycles. The molecule has 1 aliphatic carbocycles. The molecular weight excluding hydrogens is 205 g/mol. The zero-order chi connectivity index (χ0) is 11.3. The Hall–Kier alpha value is -0.290. The molecule has 2 unspecified atom stereocenters. The van der Waals surface area contributed by atoms with E-state index in [1.165, 1.54) is 0 Å². The summed E-state index contributed by atoms with van der Waals surface area (Å²) in [5.41, 5.74) is 4.24. The van der Waals surface area contributed by atoms with Gasteiger partial charge in [0.1, 0.15) is 5.54 Å². The van der Waals surface area contributed by atoms with E-state index in [2.05, 4.69) is 0 Å². The van der Waals surface area contributed by atoms with Crippen LogP contribution in [0.5, 0.6) is 0 Å². The summed E-state index contributed by atoms with van der Waals surface area (Å²) >= 11 is 0. The summed E-state index contributed by atoms with van der Waals surface area (Å²) in [6.07, 6.45) is -2.20. The van der Waals surface area contributed by atoms with Gasteiger partial charge in [0.25, 0.3) is 0 Å². The second-order valence-corrected chi connectivity index (χ2v) is 4.86. The van der Waals surface area contributed by atoms with Crippen LogP contribution < -0.4 is 5.73 Å². The Kier molecular flexibility index (Phi) is 2.50. The molecule has 2 aliphatic rings. The van der Waals surface area contributed by atoms with Crippen molar-refractivity contribution in [3.63, 3.8) is 0 Å². The van der Waals surface area contributed by atoms with E-state index >= 15 is 0 Å². The van der Waals surface area contributed by atoms with Gasteiger partial charge in [-0.3, -0.25) is 4.90 Å². The third-order valence-electron chi connectivity index (χ3n) is 3.72. The highest BCUT2D eigenvalue weighted by Crippen LogP contribution is 2.55. The first-order valence-corrected chi connectivity index (χ1v) is 5.46. The number of rotatable bonds is 1. The quantitative estimate of drug-likeness (QED) is 0.734. The lowest BCUT2D eigenvalue weighted by molar-refractivity contribution is -0.205. The van der Waals surface area contributed by atoms with Crippen molar-refractivity contribution >= 4 is 0 Å². The first-order chi connectivity index (χ1) is 6.87. The van der Waals surface area contributed by atoms with E-state index in [1.54, 1.807) is 4.90 Å². The van der Waals surface area contributed by atoms with E-state index < -0.39 is 11.7 Å². The van der Waals surface area contributed by atoms with Crippen LogP contribution in [0, 0.1) is 0 Å². The van der Waals surface area contributed by atoms with Gasteiger partial charge < -0.3 is 5.73 Å². The fourth-order valence-corrected chi connectivity index (χ4v) is 2.70. The van der Waals surface area contributed by atoms with Crippen LogP contribution in [0.2, 0.25) is 0 Å². The standard InChI is InChI=1S/C10H17F3N2/c1-7-6-8(14)2-5-15(7)9(3-4-9)10(11,12)13/h7-8H,2-6,14H2,1H3. The third-order valence-corrected chi connectivity index (χ3v) is 3.72. The SMILES string of the molecule is CC1CC(N)CCN1C1(C(F)(F)F)CC1. The normalized spacial score (nSPS) is 36.6. The zero-order valence-corrected chi connectivity index (χ0v) is 8.85. The van der Waals surface area contributed by atoms with Crippen LogP contribution in [-0.2, 0) is 0 Å². The molecule has 0 aromatic carbocycles. The van der Waals surface area contributed by atoms with Crippen LogP contribution in [0.4, 0.5) is 13.2 Å². The maximum absolute atomic E-state index is 12.9. The van der Waals surface area contributed by atoms with Crippen LogP contribution in [0.3, 0.4) is 0 Å². The van der Waals surface area contributed by atoms with Crippen LogP contribution in [0.25, 0.3) is 0 Å². The molecule has 1 saturated carbocycles. The molecule has 0 aromatic heterocycles. The van der Waals surface area contributed by atoms with Gasteiger partial charge in [-0.2, -0.15) is 13.2 Å². The molecule has 0 amide bonds. The molecule has 1 heterocycles. The zero-order valence-electron chi connectivity index (χ0n) is 8.85. The molecule has 0 radical (unpaired) electrons. The number of hydrogen-bond donors (Lipinski definition) is 1. The van der Waals surface area contributed by atoms with E-state index in [0.717, 1.165) is 0 Å². The van der Waals surface area contributed by atoms with Crippen molar-refractivity contribution in [2.24, 2.45) is 5.73 Å². The number of piperidine rings is 1. The third kappa shape index (κ3) is 1.76. The molecule has 2 atom stereocenters. The van der Waals surface area contributed by atoms with Crippen LogP contribution >= 0.6 is 0 Å². The number of alkyl halides is 3. The average Bonchev–Trinajstić information content (AvgIpc) is 2.83. The molecule has 2 nitrogen and oxygen atoms in total. The molecule has 0 aromatic rings. The van der Waals surface area contributed by atoms with Crippen LogP contribution in [0.15, 0.2) is 0 Å². The topological polar surface area (TPSA) is 29.3 Å². The van der Waals surface area contributed by atoms with Gasteiger partial charge >= 0.3 is 6.18 Å². The Bertz CT molecular complexity index is 248.